The second-order valence-electron chi connectivity index (χ2n) is 5.03. The van der Waals surface area contributed by atoms with Crippen LogP contribution in [0.5, 0.6) is 0 Å². The smallest absolute Gasteiger partial charge is 0.305 e. The molecule has 1 aromatic rings. The fourth-order valence-corrected chi connectivity index (χ4v) is 2.45. The summed E-state index contributed by atoms with van der Waals surface area (Å²) in [7, 11) is 1.70. The maximum atomic E-state index is 10.8. The number of aliphatic carboxylic acids is 1. The van der Waals surface area contributed by atoms with Crippen molar-refractivity contribution in [3.8, 4) is 0 Å². The van der Waals surface area contributed by atoms with E-state index in [4.69, 9.17) is 9.84 Å². The zero-order valence-electron chi connectivity index (χ0n) is 11.3. The number of carboxylic acid groups (broad SMARTS) is 1. The molecule has 0 radical (unpaired) electrons. The van der Waals surface area contributed by atoms with Crippen LogP contribution >= 0.6 is 0 Å². The lowest BCUT2D eigenvalue weighted by molar-refractivity contribution is -0.136. The second kappa shape index (κ2) is 6.57. The quantitative estimate of drug-likeness (QED) is 0.782. The van der Waals surface area contributed by atoms with Crippen molar-refractivity contribution in [1.82, 2.24) is 0 Å². The van der Waals surface area contributed by atoms with Crippen molar-refractivity contribution in [1.29, 1.82) is 0 Å². The molecule has 4 heteroatoms. The van der Waals surface area contributed by atoms with Crippen LogP contribution in [0.15, 0.2) is 30.3 Å². The van der Waals surface area contributed by atoms with Crippen LogP contribution in [0.3, 0.4) is 0 Å². The molecule has 4 nitrogen and oxygen atoms in total. The summed E-state index contributed by atoms with van der Waals surface area (Å²) in [6.07, 6.45) is 2.58. The summed E-state index contributed by atoms with van der Waals surface area (Å²) < 4.78 is 5.33. The average Bonchev–Trinajstić information content (AvgIpc) is 3.23. The van der Waals surface area contributed by atoms with E-state index < -0.39 is 5.97 Å². The number of hydrogen-bond acceptors (Lipinski definition) is 3. The Labute approximate surface area is 114 Å². The molecule has 1 aliphatic carbocycles. The molecule has 104 valence electrons. The Morgan fingerprint density at radius 2 is 2.11 bits per heavy atom. The maximum Gasteiger partial charge on any atom is 0.305 e. The average molecular weight is 263 g/mol. The Bertz CT molecular complexity index is 403. The molecule has 0 bridgehead atoms. The van der Waals surface area contributed by atoms with Gasteiger partial charge < -0.3 is 14.7 Å². The van der Waals surface area contributed by atoms with Crippen LogP contribution in [0, 0.1) is 5.92 Å². The number of ether oxygens (including phenoxy) is 1. The number of methoxy groups -OCH3 is 1. The Balaban J connectivity index is 2.14. The molecule has 1 aromatic carbocycles. The lowest BCUT2D eigenvalue weighted by Crippen LogP contribution is -2.41. The molecule has 1 atom stereocenters. The summed E-state index contributed by atoms with van der Waals surface area (Å²) in [5.41, 5.74) is 1.08. The van der Waals surface area contributed by atoms with Crippen LogP contribution < -0.4 is 4.90 Å². The topological polar surface area (TPSA) is 49.8 Å². The van der Waals surface area contributed by atoms with Crippen molar-refractivity contribution in [3.05, 3.63) is 30.3 Å². The van der Waals surface area contributed by atoms with Gasteiger partial charge in [0.05, 0.1) is 19.1 Å². The molecule has 2 rings (SSSR count). The van der Waals surface area contributed by atoms with E-state index in [0.717, 1.165) is 5.69 Å². The van der Waals surface area contributed by atoms with Gasteiger partial charge in [0.15, 0.2) is 0 Å². The summed E-state index contributed by atoms with van der Waals surface area (Å²) in [6, 6.07) is 10.3. The first kappa shape index (κ1) is 13.9. The Morgan fingerprint density at radius 3 is 2.63 bits per heavy atom. The monoisotopic (exact) mass is 263 g/mol. The summed E-state index contributed by atoms with van der Waals surface area (Å²) >= 11 is 0. The van der Waals surface area contributed by atoms with E-state index in [-0.39, 0.29) is 12.5 Å². The number of rotatable bonds is 8. The molecule has 0 amide bonds. The van der Waals surface area contributed by atoms with Crippen LogP contribution in [0.4, 0.5) is 5.69 Å². The summed E-state index contributed by atoms with van der Waals surface area (Å²) in [6.45, 7) is 1.18. The fourth-order valence-electron chi connectivity index (χ4n) is 2.45. The molecule has 0 aliphatic heterocycles. The molecule has 1 N–H and O–H groups in total. The summed E-state index contributed by atoms with van der Waals surface area (Å²) in [5, 5.41) is 8.92. The number of nitrogens with zero attached hydrogens (tertiary/aromatic N) is 1. The number of anilines is 1. The van der Waals surface area contributed by atoms with Crippen molar-refractivity contribution in [3.63, 3.8) is 0 Å². The number of hydrogen-bond donors (Lipinski definition) is 1. The largest absolute Gasteiger partial charge is 0.481 e. The van der Waals surface area contributed by atoms with Gasteiger partial charge in [-0.1, -0.05) is 18.2 Å². The molecular weight excluding hydrogens is 242 g/mol. The zero-order chi connectivity index (χ0) is 13.7. The van der Waals surface area contributed by atoms with E-state index in [1.807, 2.05) is 30.3 Å². The van der Waals surface area contributed by atoms with Crippen LogP contribution in [0.1, 0.15) is 19.3 Å². The molecule has 19 heavy (non-hydrogen) atoms. The zero-order valence-corrected chi connectivity index (χ0v) is 11.3. The van der Waals surface area contributed by atoms with E-state index >= 15 is 0 Å². The molecule has 1 aliphatic rings. The highest BCUT2D eigenvalue weighted by Gasteiger charge is 2.35. The number of para-hydroxylation sites is 1. The van der Waals surface area contributed by atoms with Gasteiger partial charge in [0.1, 0.15) is 0 Å². The van der Waals surface area contributed by atoms with Gasteiger partial charge in [-0.25, -0.2) is 0 Å². The molecule has 1 fully saturated rings. The number of carboxylic acids is 1. The van der Waals surface area contributed by atoms with Gasteiger partial charge in [-0.15, -0.1) is 0 Å². The van der Waals surface area contributed by atoms with Gasteiger partial charge in [-0.3, -0.25) is 4.79 Å². The Kier molecular flexibility index (Phi) is 4.80. The van der Waals surface area contributed by atoms with Crippen LogP contribution in [-0.4, -0.2) is 37.4 Å². The number of carbonyl (C=O) groups is 1. The van der Waals surface area contributed by atoms with Crippen molar-refractivity contribution >= 4 is 11.7 Å². The molecule has 1 unspecified atom stereocenters. The van der Waals surface area contributed by atoms with Gasteiger partial charge in [-0.2, -0.15) is 0 Å². The fraction of sp³-hybridized carbons (Fsp3) is 0.533. The van der Waals surface area contributed by atoms with E-state index in [1.54, 1.807) is 7.11 Å². The van der Waals surface area contributed by atoms with E-state index in [1.165, 1.54) is 12.8 Å². The molecule has 0 heterocycles. The third-order valence-electron chi connectivity index (χ3n) is 3.56. The normalized spacial score (nSPS) is 16.1. The maximum absolute atomic E-state index is 10.8. The standard InChI is InChI=1S/C15H21NO3/c1-19-11-14(12-7-8-12)16(10-9-15(17)18)13-5-3-2-4-6-13/h2-6,12,14H,7-11H2,1H3,(H,17,18). The summed E-state index contributed by atoms with van der Waals surface area (Å²) in [5.74, 6) is -0.123. The van der Waals surface area contributed by atoms with Gasteiger partial charge in [0, 0.05) is 19.3 Å². The SMILES string of the molecule is COCC(C1CC1)N(CCC(=O)O)c1ccccc1. The van der Waals surface area contributed by atoms with Gasteiger partial charge in [0.2, 0.25) is 0 Å². The minimum atomic E-state index is -0.757. The first-order chi connectivity index (χ1) is 9.22. The van der Waals surface area contributed by atoms with Crippen molar-refractivity contribution in [2.24, 2.45) is 5.92 Å². The van der Waals surface area contributed by atoms with Gasteiger partial charge >= 0.3 is 5.97 Å². The molecule has 0 saturated heterocycles. The molecule has 0 aromatic heterocycles. The van der Waals surface area contributed by atoms with E-state index in [9.17, 15) is 4.79 Å². The predicted molar refractivity (Wildman–Crippen MR) is 74.4 cm³/mol. The molecule has 1 saturated carbocycles. The van der Waals surface area contributed by atoms with Crippen LogP contribution in [-0.2, 0) is 9.53 Å². The highest BCUT2D eigenvalue weighted by Crippen LogP contribution is 2.37. The second-order valence-corrected chi connectivity index (χ2v) is 5.03. The van der Waals surface area contributed by atoms with Crippen molar-refractivity contribution in [2.45, 2.75) is 25.3 Å². The van der Waals surface area contributed by atoms with Crippen LogP contribution in [0.2, 0.25) is 0 Å². The lowest BCUT2D eigenvalue weighted by Gasteiger charge is -2.33. The minimum Gasteiger partial charge on any atom is -0.481 e. The molecule has 0 spiro atoms. The van der Waals surface area contributed by atoms with Gasteiger partial charge in [-0.05, 0) is 30.9 Å². The highest BCUT2D eigenvalue weighted by molar-refractivity contribution is 5.67. The highest BCUT2D eigenvalue weighted by atomic mass is 16.5. The lowest BCUT2D eigenvalue weighted by atomic mass is 10.1. The minimum absolute atomic E-state index is 0.155. The Morgan fingerprint density at radius 1 is 1.42 bits per heavy atom. The van der Waals surface area contributed by atoms with Gasteiger partial charge in [0.25, 0.3) is 0 Å². The first-order valence-electron chi connectivity index (χ1n) is 6.75. The van der Waals surface area contributed by atoms with Crippen molar-refractivity contribution in [2.75, 3.05) is 25.2 Å². The van der Waals surface area contributed by atoms with Crippen LogP contribution in [0.25, 0.3) is 0 Å². The Hall–Kier alpha value is -1.55. The van der Waals surface area contributed by atoms with Crippen molar-refractivity contribution < 1.29 is 14.6 Å². The molecular formula is C15H21NO3. The first-order valence-corrected chi connectivity index (χ1v) is 6.75. The third-order valence-corrected chi connectivity index (χ3v) is 3.56. The van der Waals surface area contributed by atoms with E-state index in [2.05, 4.69) is 4.90 Å². The summed E-state index contributed by atoms with van der Waals surface area (Å²) in [4.78, 5) is 13.0. The number of benzene rings is 1. The third kappa shape index (κ3) is 3.96. The predicted octanol–water partition coefficient (Wildman–Crippen LogP) is 2.39. The van der Waals surface area contributed by atoms with E-state index in [0.29, 0.717) is 19.1 Å².